The van der Waals surface area contributed by atoms with Crippen LogP contribution in [0.2, 0.25) is 10.2 Å². The molecule has 4 heteroatoms. The minimum atomic E-state index is -0.368. The highest BCUT2D eigenvalue weighted by molar-refractivity contribution is 6.39. The maximum Gasteiger partial charge on any atom is 0.134 e. The monoisotopic (exact) mass is 243 g/mol. The second-order valence-electron chi connectivity index (χ2n) is 3.43. The van der Waals surface area contributed by atoms with Crippen molar-refractivity contribution in [2.45, 2.75) is 13.8 Å². The molecule has 0 aliphatic carbocycles. The molecule has 0 spiro atoms. The van der Waals surface area contributed by atoms with Crippen molar-refractivity contribution < 1.29 is 4.39 Å². The minimum Gasteiger partial charge on any atom is -0.235 e. The largest absolute Gasteiger partial charge is 0.235 e. The van der Waals surface area contributed by atoms with Crippen molar-refractivity contribution in [3.8, 4) is 0 Å². The predicted octanol–water partition coefficient (Wildman–Crippen LogP) is 4.30. The summed E-state index contributed by atoms with van der Waals surface area (Å²) in [5.41, 5.74) is 1.99. The standard InChI is InChI=1S/C11H8Cl2FN/c1-5-3-4-7(14)8-9(12)6(2)11(13)15-10(5)8/h3-4H,1-2H3. The Morgan fingerprint density at radius 3 is 2.53 bits per heavy atom. The number of pyridine rings is 1. The fourth-order valence-corrected chi connectivity index (χ4v) is 1.98. The first kappa shape index (κ1) is 10.7. The van der Waals surface area contributed by atoms with Gasteiger partial charge in [0.05, 0.1) is 15.9 Å². The van der Waals surface area contributed by atoms with Gasteiger partial charge in [-0.05, 0) is 25.5 Å². The van der Waals surface area contributed by atoms with Gasteiger partial charge in [-0.3, -0.25) is 0 Å². The lowest BCUT2D eigenvalue weighted by Crippen LogP contribution is -1.92. The van der Waals surface area contributed by atoms with E-state index < -0.39 is 0 Å². The minimum absolute atomic E-state index is 0.321. The first-order valence-electron chi connectivity index (χ1n) is 4.42. The highest BCUT2D eigenvalue weighted by Crippen LogP contribution is 2.33. The van der Waals surface area contributed by atoms with Gasteiger partial charge in [-0.25, -0.2) is 9.37 Å². The molecule has 0 aliphatic heterocycles. The summed E-state index contributed by atoms with van der Waals surface area (Å²) in [4.78, 5) is 4.14. The number of fused-ring (bicyclic) bond motifs is 1. The van der Waals surface area contributed by atoms with E-state index in [2.05, 4.69) is 4.98 Å². The number of aryl methyl sites for hydroxylation is 1. The summed E-state index contributed by atoms with van der Waals surface area (Å²) >= 11 is 11.9. The van der Waals surface area contributed by atoms with Gasteiger partial charge in [0.25, 0.3) is 0 Å². The normalized spacial score (nSPS) is 11.0. The summed E-state index contributed by atoms with van der Waals surface area (Å²) in [7, 11) is 0. The third-order valence-electron chi connectivity index (χ3n) is 2.40. The first-order valence-corrected chi connectivity index (χ1v) is 5.18. The van der Waals surface area contributed by atoms with Crippen LogP contribution in [0, 0.1) is 19.7 Å². The zero-order valence-corrected chi connectivity index (χ0v) is 9.75. The summed E-state index contributed by atoms with van der Waals surface area (Å²) in [6.45, 7) is 3.57. The molecule has 0 saturated carbocycles. The maximum atomic E-state index is 13.6. The summed E-state index contributed by atoms with van der Waals surface area (Å²) in [6, 6.07) is 3.05. The Bertz CT molecular complexity index is 552. The lowest BCUT2D eigenvalue weighted by Gasteiger charge is -2.08. The fraction of sp³-hybridized carbons (Fsp3) is 0.182. The third-order valence-corrected chi connectivity index (χ3v) is 3.24. The molecule has 0 bridgehead atoms. The molecule has 0 atom stereocenters. The Morgan fingerprint density at radius 2 is 1.87 bits per heavy atom. The van der Waals surface area contributed by atoms with Crippen molar-refractivity contribution in [1.29, 1.82) is 0 Å². The van der Waals surface area contributed by atoms with Crippen LogP contribution in [0.15, 0.2) is 12.1 Å². The molecule has 2 aromatic rings. The van der Waals surface area contributed by atoms with Crippen LogP contribution in [0.3, 0.4) is 0 Å². The van der Waals surface area contributed by atoms with Gasteiger partial charge in [-0.2, -0.15) is 0 Å². The quantitative estimate of drug-likeness (QED) is 0.629. The van der Waals surface area contributed by atoms with Gasteiger partial charge >= 0.3 is 0 Å². The molecule has 78 valence electrons. The lowest BCUT2D eigenvalue weighted by atomic mass is 10.1. The van der Waals surface area contributed by atoms with Gasteiger partial charge in [-0.1, -0.05) is 29.3 Å². The Morgan fingerprint density at radius 1 is 1.20 bits per heavy atom. The number of hydrogen-bond acceptors (Lipinski definition) is 1. The smallest absolute Gasteiger partial charge is 0.134 e. The highest BCUT2D eigenvalue weighted by atomic mass is 35.5. The summed E-state index contributed by atoms with van der Waals surface area (Å²) in [5.74, 6) is -0.368. The number of halogens is 3. The molecular formula is C11H8Cl2FN. The van der Waals surface area contributed by atoms with Gasteiger partial charge in [0, 0.05) is 5.56 Å². The fourth-order valence-electron chi connectivity index (χ4n) is 1.48. The number of hydrogen-bond donors (Lipinski definition) is 0. The van der Waals surface area contributed by atoms with Gasteiger partial charge < -0.3 is 0 Å². The second kappa shape index (κ2) is 3.62. The average molecular weight is 244 g/mol. The average Bonchev–Trinajstić information content (AvgIpc) is 2.20. The van der Waals surface area contributed by atoms with Crippen molar-refractivity contribution in [2.24, 2.45) is 0 Å². The van der Waals surface area contributed by atoms with Gasteiger partial charge in [-0.15, -0.1) is 0 Å². The van der Waals surface area contributed by atoms with Crippen molar-refractivity contribution in [2.75, 3.05) is 0 Å². The number of nitrogens with zero attached hydrogens (tertiary/aromatic N) is 1. The van der Waals surface area contributed by atoms with E-state index in [0.29, 0.717) is 26.6 Å². The van der Waals surface area contributed by atoms with Crippen LogP contribution in [0.4, 0.5) is 4.39 Å². The molecule has 0 saturated heterocycles. The van der Waals surface area contributed by atoms with E-state index >= 15 is 0 Å². The molecule has 0 radical (unpaired) electrons. The van der Waals surface area contributed by atoms with Crippen LogP contribution in [-0.4, -0.2) is 4.98 Å². The Labute approximate surface area is 96.8 Å². The predicted molar refractivity (Wildman–Crippen MR) is 61.2 cm³/mol. The molecule has 1 heterocycles. The topological polar surface area (TPSA) is 12.9 Å². The summed E-state index contributed by atoms with van der Waals surface area (Å²) in [6.07, 6.45) is 0. The number of benzene rings is 1. The molecule has 0 unspecified atom stereocenters. The van der Waals surface area contributed by atoms with E-state index in [-0.39, 0.29) is 5.82 Å². The number of aromatic nitrogens is 1. The van der Waals surface area contributed by atoms with E-state index in [9.17, 15) is 4.39 Å². The molecule has 1 aromatic heterocycles. The molecule has 1 nitrogen and oxygen atoms in total. The van der Waals surface area contributed by atoms with Gasteiger partial charge in [0.1, 0.15) is 11.0 Å². The number of rotatable bonds is 0. The molecule has 0 amide bonds. The van der Waals surface area contributed by atoms with Crippen LogP contribution < -0.4 is 0 Å². The van der Waals surface area contributed by atoms with Crippen molar-refractivity contribution in [1.82, 2.24) is 4.98 Å². The van der Waals surface area contributed by atoms with E-state index in [1.165, 1.54) is 6.07 Å². The van der Waals surface area contributed by atoms with Crippen LogP contribution in [-0.2, 0) is 0 Å². The summed E-state index contributed by atoms with van der Waals surface area (Å²) in [5, 5.41) is 1.01. The van der Waals surface area contributed by atoms with Crippen LogP contribution >= 0.6 is 23.2 Å². The van der Waals surface area contributed by atoms with Gasteiger partial charge in [0.15, 0.2) is 0 Å². The third kappa shape index (κ3) is 1.58. The highest BCUT2D eigenvalue weighted by Gasteiger charge is 2.13. The van der Waals surface area contributed by atoms with Crippen LogP contribution in [0.1, 0.15) is 11.1 Å². The molecular weight excluding hydrogens is 236 g/mol. The Hall–Kier alpha value is -0.860. The van der Waals surface area contributed by atoms with Gasteiger partial charge in [0.2, 0.25) is 0 Å². The molecule has 15 heavy (non-hydrogen) atoms. The van der Waals surface area contributed by atoms with Crippen LogP contribution in [0.5, 0.6) is 0 Å². The van der Waals surface area contributed by atoms with E-state index in [0.717, 1.165) is 5.56 Å². The second-order valence-corrected chi connectivity index (χ2v) is 4.17. The van der Waals surface area contributed by atoms with Crippen LogP contribution in [0.25, 0.3) is 10.9 Å². The van der Waals surface area contributed by atoms with Crippen molar-refractivity contribution in [3.63, 3.8) is 0 Å². The summed E-state index contributed by atoms with van der Waals surface area (Å²) < 4.78 is 13.6. The van der Waals surface area contributed by atoms with E-state index in [4.69, 9.17) is 23.2 Å². The molecule has 0 N–H and O–H groups in total. The van der Waals surface area contributed by atoms with E-state index in [1.807, 2.05) is 6.92 Å². The SMILES string of the molecule is Cc1c(Cl)nc2c(C)ccc(F)c2c1Cl. The Balaban J connectivity index is 3.04. The Kier molecular flexibility index (Phi) is 2.57. The van der Waals surface area contributed by atoms with Crippen molar-refractivity contribution in [3.05, 3.63) is 39.3 Å². The lowest BCUT2D eigenvalue weighted by molar-refractivity contribution is 0.639. The van der Waals surface area contributed by atoms with Crippen molar-refractivity contribution >= 4 is 34.1 Å². The molecule has 0 fully saturated rings. The molecule has 0 aliphatic rings. The zero-order chi connectivity index (χ0) is 11.2. The first-order chi connectivity index (χ1) is 7.02. The molecule has 2 rings (SSSR count). The molecule has 1 aromatic carbocycles. The van der Waals surface area contributed by atoms with E-state index in [1.54, 1.807) is 13.0 Å². The maximum absolute atomic E-state index is 13.6. The zero-order valence-electron chi connectivity index (χ0n) is 8.24.